The third-order valence-corrected chi connectivity index (χ3v) is 6.88. The number of hydrogen-bond donors (Lipinski definition) is 1. The number of amides is 3. The number of aliphatic imine (C=N–C) groups is 1. The second-order valence-corrected chi connectivity index (χ2v) is 9.16. The van der Waals surface area contributed by atoms with Crippen LogP contribution in [0.2, 0.25) is 0 Å². The first-order valence-electron chi connectivity index (χ1n) is 11.3. The van der Waals surface area contributed by atoms with Crippen molar-refractivity contribution in [3.63, 3.8) is 0 Å². The van der Waals surface area contributed by atoms with E-state index in [1.165, 1.54) is 6.42 Å². The topological polar surface area (TPSA) is 82.1 Å². The van der Waals surface area contributed by atoms with Gasteiger partial charge in [0.05, 0.1) is 13.0 Å². The van der Waals surface area contributed by atoms with Gasteiger partial charge in [-0.1, -0.05) is 38.2 Å². The van der Waals surface area contributed by atoms with E-state index in [1.807, 2.05) is 12.2 Å². The summed E-state index contributed by atoms with van der Waals surface area (Å²) in [4.78, 5) is 46.7. The van der Waals surface area contributed by atoms with Crippen molar-refractivity contribution >= 4 is 23.6 Å². The van der Waals surface area contributed by atoms with E-state index in [9.17, 15) is 14.4 Å². The van der Waals surface area contributed by atoms with Gasteiger partial charge in [0.15, 0.2) is 0 Å². The predicted octanol–water partition coefficient (Wildman–Crippen LogP) is 2.68. The molecule has 3 amide bonds. The van der Waals surface area contributed by atoms with Crippen LogP contribution >= 0.6 is 0 Å². The van der Waals surface area contributed by atoms with Gasteiger partial charge in [0.2, 0.25) is 11.8 Å². The van der Waals surface area contributed by atoms with E-state index >= 15 is 0 Å². The third-order valence-electron chi connectivity index (χ3n) is 6.88. The largest absolute Gasteiger partial charge is 0.352 e. The van der Waals surface area contributed by atoms with E-state index in [0.717, 1.165) is 51.4 Å². The van der Waals surface area contributed by atoms with Crippen molar-refractivity contribution in [2.45, 2.75) is 88.8 Å². The number of fused-ring (bicyclic) bond motifs is 1. The number of carbonyl (C=O) groups is 3. The van der Waals surface area contributed by atoms with E-state index in [2.05, 4.69) is 10.3 Å². The van der Waals surface area contributed by atoms with Crippen molar-refractivity contribution in [3.8, 4) is 0 Å². The quantitative estimate of drug-likeness (QED) is 0.753. The van der Waals surface area contributed by atoms with E-state index in [1.54, 1.807) is 29.0 Å². The monoisotopic (exact) mass is 412 g/mol. The Morgan fingerprint density at radius 2 is 1.83 bits per heavy atom. The fourth-order valence-electron chi connectivity index (χ4n) is 5.24. The molecule has 0 radical (unpaired) electrons. The second-order valence-electron chi connectivity index (χ2n) is 9.16. The Kier molecular flexibility index (Phi) is 6.06. The zero-order valence-electron chi connectivity index (χ0n) is 17.8. The number of amidine groups is 1. The van der Waals surface area contributed by atoms with E-state index in [0.29, 0.717) is 5.84 Å². The summed E-state index contributed by atoms with van der Waals surface area (Å²) in [6.45, 7) is 1.86. The molecule has 2 saturated carbocycles. The number of carbonyl (C=O) groups excluding carboxylic acids is 3. The van der Waals surface area contributed by atoms with Crippen LogP contribution in [0.3, 0.4) is 0 Å². The lowest BCUT2D eigenvalue weighted by atomic mass is 9.89. The van der Waals surface area contributed by atoms with E-state index in [-0.39, 0.29) is 42.8 Å². The maximum atomic E-state index is 13.9. The molecule has 7 heteroatoms. The van der Waals surface area contributed by atoms with Crippen molar-refractivity contribution in [2.75, 3.05) is 6.54 Å². The Bertz CT molecular complexity index is 790. The molecule has 1 N–H and O–H groups in total. The molecule has 7 nitrogen and oxygen atoms in total. The average molecular weight is 413 g/mol. The van der Waals surface area contributed by atoms with Crippen molar-refractivity contribution in [1.29, 1.82) is 0 Å². The van der Waals surface area contributed by atoms with Crippen LogP contribution < -0.4 is 5.32 Å². The summed E-state index contributed by atoms with van der Waals surface area (Å²) in [6.07, 6.45) is 16.7. The SMILES string of the molecule is C[C@]1(C(=O)N(CC(=O)NC2CCCCC2)C2CCCC2)CC(=O)N=C2C=CC=CN21. The molecule has 0 aromatic carbocycles. The molecule has 0 spiro atoms. The zero-order chi connectivity index (χ0) is 21.1. The summed E-state index contributed by atoms with van der Waals surface area (Å²) in [6, 6.07) is 0.265. The minimum Gasteiger partial charge on any atom is -0.352 e. The highest BCUT2D eigenvalue weighted by atomic mass is 16.2. The first kappa shape index (κ1) is 20.8. The molecule has 0 unspecified atom stereocenters. The highest BCUT2D eigenvalue weighted by molar-refractivity contribution is 6.09. The van der Waals surface area contributed by atoms with E-state index in [4.69, 9.17) is 0 Å². The lowest BCUT2D eigenvalue weighted by Crippen LogP contribution is -2.63. The van der Waals surface area contributed by atoms with Gasteiger partial charge in [-0.3, -0.25) is 14.4 Å². The molecule has 2 heterocycles. The molecule has 162 valence electrons. The maximum Gasteiger partial charge on any atom is 0.250 e. The number of hydrogen-bond acceptors (Lipinski definition) is 4. The third kappa shape index (κ3) is 4.20. The number of allylic oxidation sites excluding steroid dienone is 2. The molecule has 2 aliphatic carbocycles. The summed E-state index contributed by atoms with van der Waals surface area (Å²) in [7, 11) is 0. The van der Waals surface area contributed by atoms with Crippen LogP contribution in [0.15, 0.2) is 29.4 Å². The fourth-order valence-corrected chi connectivity index (χ4v) is 5.24. The molecule has 1 atom stereocenters. The van der Waals surface area contributed by atoms with Crippen molar-refractivity contribution < 1.29 is 14.4 Å². The van der Waals surface area contributed by atoms with Crippen molar-refractivity contribution in [3.05, 3.63) is 24.4 Å². The normalized spacial score (nSPS) is 27.0. The smallest absolute Gasteiger partial charge is 0.250 e. The molecule has 0 aromatic rings. The van der Waals surface area contributed by atoms with Gasteiger partial charge in [0.25, 0.3) is 5.91 Å². The summed E-state index contributed by atoms with van der Waals surface area (Å²) in [5.74, 6) is -0.0533. The molecule has 0 bridgehead atoms. The van der Waals surface area contributed by atoms with Crippen LogP contribution in [0.25, 0.3) is 0 Å². The zero-order valence-corrected chi connectivity index (χ0v) is 17.8. The summed E-state index contributed by atoms with van der Waals surface area (Å²) < 4.78 is 0. The van der Waals surface area contributed by atoms with Gasteiger partial charge in [-0.2, -0.15) is 4.99 Å². The minimum absolute atomic E-state index is 0.0149. The molecular weight excluding hydrogens is 380 g/mol. The van der Waals surface area contributed by atoms with Gasteiger partial charge in [-0.15, -0.1) is 0 Å². The maximum absolute atomic E-state index is 13.9. The van der Waals surface area contributed by atoms with Crippen LogP contribution in [0.1, 0.15) is 71.1 Å². The molecule has 30 heavy (non-hydrogen) atoms. The van der Waals surface area contributed by atoms with Gasteiger partial charge in [-0.25, -0.2) is 0 Å². The highest BCUT2D eigenvalue weighted by Gasteiger charge is 2.48. The Morgan fingerprint density at radius 1 is 1.13 bits per heavy atom. The Hall–Kier alpha value is -2.44. The molecule has 0 saturated heterocycles. The highest BCUT2D eigenvalue weighted by Crippen LogP contribution is 2.33. The van der Waals surface area contributed by atoms with Crippen molar-refractivity contribution in [2.24, 2.45) is 4.99 Å². The Labute approximate surface area is 178 Å². The number of nitrogens with zero attached hydrogens (tertiary/aromatic N) is 3. The Balaban J connectivity index is 1.54. The van der Waals surface area contributed by atoms with E-state index < -0.39 is 5.54 Å². The number of nitrogens with one attached hydrogen (secondary N) is 1. The molecular formula is C23H32N4O3. The van der Waals surface area contributed by atoms with Crippen LogP contribution in [0.4, 0.5) is 0 Å². The van der Waals surface area contributed by atoms with Crippen LogP contribution in [0, 0.1) is 0 Å². The Morgan fingerprint density at radius 3 is 2.57 bits per heavy atom. The van der Waals surface area contributed by atoms with Gasteiger partial charge < -0.3 is 15.1 Å². The molecule has 4 rings (SSSR count). The standard InChI is InChI=1S/C23H32N4O3/c1-23(15-20(28)25-19-13-7-8-14-27(19)23)22(30)26(18-11-5-6-12-18)16-21(29)24-17-9-3-2-4-10-17/h7-8,13-14,17-18H,2-6,9-12,15-16H2,1H3,(H,24,29)/t23-/m1/s1. The molecule has 4 aliphatic rings. The second kappa shape index (κ2) is 8.74. The number of rotatable bonds is 5. The minimum atomic E-state index is -1.07. The summed E-state index contributed by atoms with van der Waals surface area (Å²) >= 11 is 0. The summed E-state index contributed by atoms with van der Waals surface area (Å²) in [5, 5.41) is 3.15. The van der Waals surface area contributed by atoms with Gasteiger partial charge in [0, 0.05) is 18.3 Å². The lowest BCUT2D eigenvalue weighted by molar-refractivity contribution is -0.148. The first-order valence-corrected chi connectivity index (χ1v) is 11.3. The van der Waals surface area contributed by atoms with Gasteiger partial charge >= 0.3 is 0 Å². The van der Waals surface area contributed by atoms with Crippen LogP contribution in [-0.4, -0.2) is 57.5 Å². The molecule has 0 aromatic heterocycles. The fraction of sp³-hybridized carbons (Fsp3) is 0.652. The van der Waals surface area contributed by atoms with Crippen LogP contribution in [0.5, 0.6) is 0 Å². The molecule has 2 fully saturated rings. The first-order chi connectivity index (χ1) is 14.5. The van der Waals surface area contributed by atoms with Crippen LogP contribution in [-0.2, 0) is 14.4 Å². The van der Waals surface area contributed by atoms with Gasteiger partial charge in [-0.05, 0) is 44.8 Å². The van der Waals surface area contributed by atoms with Gasteiger partial charge in [0.1, 0.15) is 11.4 Å². The van der Waals surface area contributed by atoms with Crippen molar-refractivity contribution in [1.82, 2.24) is 15.1 Å². The average Bonchev–Trinajstić information content (AvgIpc) is 3.27. The molecule has 2 aliphatic heterocycles. The lowest BCUT2D eigenvalue weighted by Gasteiger charge is -2.45. The summed E-state index contributed by atoms with van der Waals surface area (Å²) in [5.41, 5.74) is -1.07. The predicted molar refractivity (Wildman–Crippen MR) is 115 cm³/mol.